The second-order valence-electron chi connectivity index (χ2n) is 5.32. The quantitative estimate of drug-likeness (QED) is 0.567. The van der Waals surface area contributed by atoms with Crippen LogP contribution in [0.2, 0.25) is 0 Å². The molecule has 0 aliphatic heterocycles. The van der Waals surface area contributed by atoms with Crippen LogP contribution in [0.5, 0.6) is 5.75 Å². The van der Waals surface area contributed by atoms with E-state index in [2.05, 4.69) is 29.2 Å². The van der Waals surface area contributed by atoms with Crippen LogP contribution in [0.15, 0.2) is 18.7 Å². The van der Waals surface area contributed by atoms with Crippen LogP contribution in [0.25, 0.3) is 6.08 Å². The van der Waals surface area contributed by atoms with Crippen molar-refractivity contribution in [2.24, 2.45) is 0 Å². The molecule has 0 amide bonds. The van der Waals surface area contributed by atoms with Gasteiger partial charge in [0, 0.05) is 3.57 Å². The summed E-state index contributed by atoms with van der Waals surface area (Å²) in [5, 5.41) is 0. The maximum atomic E-state index is 12.4. The van der Waals surface area contributed by atoms with E-state index >= 15 is 0 Å². The zero-order valence-electron chi connectivity index (χ0n) is 11.9. The van der Waals surface area contributed by atoms with E-state index in [0.717, 1.165) is 34.8 Å². The molecule has 1 aliphatic carbocycles. The monoisotopic (exact) mass is 386 g/mol. The molecule has 1 aliphatic rings. The van der Waals surface area contributed by atoms with Crippen molar-refractivity contribution in [3.05, 3.63) is 33.4 Å². The van der Waals surface area contributed by atoms with Crippen molar-refractivity contribution in [3.63, 3.8) is 0 Å². The summed E-state index contributed by atoms with van der Waals surface area (Å²) in [6, 6.07) is 3.62. The summed E-state index contributed by atoms with van der Waals surface area (Å²) in [4.78, 5) is 12.4. The predicted octanol–water partition coefficient (Wildman–Crippen LogP) is 4.43. The minimum Gasteiger partial charge on any atom is -0.496 e. The summed E-state index contributed by atoms with van der Waals surface area (Å²) in [6.45, 7) is 5.77. The van der Waals surface area contributed by atoms with Crippen LogP contribution in [0, 0.1) is 3.57 Å². The zero-order valence-corrected chi connectivity index (χ0v) is 14.0. The molecule has 3 nitrogen and oxygen atoms in total. The van der Waals surface area contributed by atoms with E-state index in [1.807, 2.05) is 13.0 Å². The first-order valence-corrected chi connectivity index (χ1v) is 7.80. The molecule has 0 atom stereocenters. The minimum absolute atomic E-state index is 0.306. The summed E-state index contributed by atoms with van der Waals surface area (Å²) in [5.41, 5.74) is 1.10. The van der Waals surface area contributed by atoms with Gasteiger partial charge in [-0.1, -0.05) is 12.7 Å². The van der Waals surface area contributed by atoms with Gasteiger partial charge in [-0.25, -0.2) is 4.79 Å². The molecule has 0 spiro atoms. The molecule has 0 radical (unpaired) electrons. The normalized spacial score (nSPS) is 16.8. The zero-order chi connectivity index (χ0) is 14.8. The van der Waals surface area contributed by atoms with Crippen molar-refractivity contribution >= 4 is 34.6 Å². The highest BCUT2D eigenvalue weighted by Crippen LogP contribution is 2.35. The van der Waals surface area contributed by atoms with E-state index in [1.54, 1.807) is 19.3 Å². The first-order valence-electron chi connectivity index (χ1n) is 6.72. The van der Waals surface area contributed by atoms with Gasteiger partial charge in [-0.3, -0.25) is 0 Å². The Morgan fingerprint density at radius 2 is 2.05 bits per heavy atom. The van der Waals surface area contributed by atoms with E-state index in [-0.39, 0.29) is 11.6 Å². The molecule has 4 heteroatoms. The molecule has 0 saturated heterocycles. The van der Waals surface area contributed by atoms with Crippen LogP contribution in [-0.4, -0.2) is 18.7 Å². The molecule has 1 fully saturated rings. The third-order valence-electron chi connectivity index (χ3n) is 3.76. The molecule has 1 saturated carbocycles. The Hall–Kier alpha value is -1.04. The van der Waals surface area contributed by atoms with Crippen LogP contribution in [0.4, 0.5) is 0 Å². The van der Waals surface area contributed by atoms with E-state index in [4.69, 9.17) is 9.47 Å². The van der Waals surface area contributed by atoms with Crippen molar-refractivity contribution in [3.8, 4) is 5.75 Å². The number of ether oxygens (including phenoxy) is 2. The van der Waals surface area contributed by atoms with Crippen LogP contribution >= 0.6 is 22.6 Å². The number of halogens is 1. The van der Waals surface area contributed by atoms with Crippen LogP contribution in [-0.2, 0) is 4.74 Å². The van der Waals surface area contributed by atoms with Gasteiger partial charge < -0.3 is 9.47 Å². The molecule has 0 N–H and O–H groups in total. The Morgan fingerprint density at radius 3 is 2.60 bits per heavy atom. The van der Waals surface area contributed by atoms with E-state index in [9.17, 15) is 4.79 Å². The fraction of sp³-hybridized carbons (Fsp3) is 0.438. The second-order valence-corrected chi connectivity index (χ2v) is 6.49. The standard InChI is InChI=1S/C16H19IO3/c1-4-11-9-14(19-3)12(10-13(11)17)15(18)20-16(2)7-5-6-8-16/h4,9-10H,1,5-8H2,2-3H3. The third kappa shape index (κ3) is 3.16. The van der Waals surface area contributed by atoms with E-state index < -0.39 is 0 Å². The third-order valence-corrected chi connectivity index (χ3v) is 4.69. The van der Waals surface area contributed by atoms with Crippen LogP contribution < -0.4 is 4.74 Å². The van der Waals surface area contributed by atoms with Gasteiger partial charge in [0.15, 0.2) is 0 Å². The predicted molar refractivity (Wildman–Crippen MR) is 88.1 cm³/mol. The van der Waals surface area contributed by atoms with Crippen molar-refractivity contribution < 1.29 is 14.3 Å². The number of carbonyl (C=O) groups is 1. The highest BCUT2D eigenvalue weighted by molar-refractivity contribution is 14.1. The number of esters is 1. The highest BCUT2D eigenvalue weighted by Gasteiger charge is 2.33. The number of carbonyl (C=O) groups excluding carboxylic acids is 1. The second kappa shape index (κ2) is 6.16. The molecule has 1 aromatic carbocycles. The first kappa shape index (κ1) is 15.4. The van der Waals surface area contributed by atoms with Gasteiger partial charge in [0.25, 0.3) is 0 Å². The van der Waals surface area contributed by atoms with Crippen molar-refractivity contribution in [1.82, 2.24) is 0 Å². The Bertz CT molecular complexity index is 531. The average molecular weight is 386 g/mol. The lowest BCUT2D eigenvalue weighted by molar-refractivity contribution is -0.00636. The molecule has 0 aromatic heterocycles. The molecule has 2 rings (SSSR count). The fourth-order valence-electron chi connectivity index (χ4n) is 2.56. The molecular formula is C16H19IO3. The van der Waals surface area contributed by atoms with Crippen LogP contribution in [0.1, 0.15) is 48.5 Å². The SMILES string of the molecule is C=Cc1cc(OC)c(C(=O)OC2(C)CCCC2)cc1I. The first-order chi connectivity index (χ1) is 9.49. The van der Waals surface area contributed by atoms with Gasteiger partial charge in [0.05, 0.1) is 7.11 Å². The topological polar surface area (TPSA) is 35.5 Å². The molecule has 0 unspecified atom stereocenters. The maximum Gasteiger partial charge on any atom is 0.342 e. The number of benzene rings is 1. The van der Waals surface area contributed by atoms with E-state index in [0.29, 0.717) is 11.3 Å². The van der Waals surface area contributed by atoms with Crippen molar-refractivity contribution in [1.29, 1.82) is 0 Å². The Morgan fingerprint density at radius 1 is 1.40 bits per heavy atom. The number of rotatable bonds is 4. The molecular weight excluding hydrogens is 367 g/mol. The van der Waals surface area contributed by atoms with Gasteiger partial charge >= 0.3 is 5.97 Å². The lowest BCUT2D eigenvalue weighted by atomic mass is 10.0. The fourth-order valence-corrected chi connectivity index (χ4v) is 3.24. The lowest BCUT2D eigenvalue weighted by Crippen LogP contribution is -2.28. The summed E-state index contributed by atoms with van der Waals surface area (Å²) in [6.07, 6.45) is 5.85. The smallest absolute Gasteiger partial charge is 0.342 e. The van der Waals surface area contributed by atoms with Gasteiger partial charge in [-0.15, -0.1) is 0 Å². The Kier molecular flexibility index (Phi) is 4.73. The molecule has 0 heterocycles. The Labute approximate surface area is 133 Å². The largest absolute Gasteiger partial charge is 0.496 e. The molecule has 0 bridgehead atoms. The average Bonchev–Trinajstić information content (AvgIpc) is 2.84. The minimum atomic E-state index is -0.329. The van der Waals surface area contributed by atoms with Gasteiger partial charge in [0.2, 0.25) is 0 Å². The summed E-state index contributed by atoms with van der Waals surface area (Å²) >= 11 is 2.19. The maximum absolute atomic E-state index is 12.4. The van der Waals surface area contributed by atoms with Gasteiger partial charge in [-0.05, 0) is 72.9 Å². The molecule has 1 aromatic rings. The number of hydrogen-bond donors (Lipinski definition) is 0. The van der Waals surface area contributed by atoms with Crippen molar-refractivity contribution in [2.45, 2.75) is 38.2 Å². The summed E-state index contributed by atoms with van der Waals surface area (Å²) in [7, 11) is 1.56. The van der Waals surface area contributed by atoms with E-state index in [1.165, 1.54) is 0 Å². The highest BCUT2D eigenvalue weighted by atomic mass is 127. The molecule has 108 valence electrons. The number of methoxy groups -OCH3 is 1. The van der Waals surface area contributed by atoms with Crippen LogP contribution in [0.3, 0.4) is 0 Å². The summed E-state index contributed by atoms with van der Waals surface area (Å²) < 4.78 is 12.0. The Balaban J connectivity index is 2.29. The lowest BCUT2D eigenvalue weighted by Gasteiger charge is -2.24. The summed E-state index contributed by atoms with van der Waals surface area (Å²) in [5.74, 6) is 0.228. The van der Waals surface area contributed by atoms with Crippen molar-refractivity contribution in [2.75, 3.05) is 7.11 Å². The molecule has 20 heavy (non-hydrogen) atoms. The van der Waals surface area contributed by atoms with Gasteiger partial charge in [0.1, 0.15) is 16.9 Å². The number of hydrogen-bond acceptors (Lipinski definition) is 3. The van der Waals surface area contributed by atoms with Gasteiger partial charge in [-0.2, -0.15) is 0 Å².